The Morgan fingerprint density at radius 3 is 2.53 bits per heavy atom. The number of carboxylic acid groups (broad SMARTS) is 1. The van der Waals surface area contributed by atoms with Gasteiger partial charge in [-0.3, -0.25) is 4.79 Å². The average Bonchev–Trinajstić information content (AvgIpc) is 2.44. The number of nitrogens with zero attached hydrogens (tertiary/aromatic N) is 1. The average molecular weight is 253 g/mol. The molecule has 0 aromatic carbocycles. The molecule has 0 aliphatic carbocycles. The van der Waals surface area contributed by atoms with Crippen LogP contribution in [-0.2, 0) is 14.8 Å². The second-order valence-corrected chi connectivity index (χ2v) is 5.14. The number of hydrogen-bond acceptors (Lipinski definition) is 4. The van der Waals surface area contributed by atoms with E-state index in [9.17, 15) is 13.2 Å². The van der Waals surface area contributed by atoms with Crippen molar-refractivity contribution in [1.29, 1.82) is 0 Å². The normalized spacial score (nSPS) is 13.8. The summed E-state index contributed by atoms with van der Waals surface area (Å²) in [4.78, 5) is 10.6. The van der Waals surface area contributed by atoms with Gasteiger partial charge in [-0.2, -0.15) is 0 Å². The molecule has 0 saturated heterocycles. The maximum absolute atomic E-state index is 11.3. The Kier molecular flexibility index (Phi) is 3.08. The third-order valence-electron chi connectivity index (χ3n) is 1.74. The van der Waals surface area contributed by atoms with Gasteiger partial charge in [-0.1, -0.05) is 11.6 Å². The van der Waals surface area contributed by atoms with Crippen LogP contribution in [-0.4, -0.2) is 29.7 Å². The first-order valence-electron chi connectivity index (χ1n) is 3.81. The van der Waals surface area contributed by atoms with Crippen LogP contribution in [0.25, 0.3) is 0 Å². The highest BCUT2D eigenvalue weighted by Gasteiger charge is 2.24. The standard InChI is InChI=1S/C7H9ClN2O4S/c1-15(13,14)10-4(2-3-5(10)8)6(9)7(11)12/h2-3,6H,9H2,1H3,(H,11,12). The van der Waals surface area contributed by atoms with Gasteiger partial charge in [-0.25, -0.2) is 12.4 Å². The van der Waals surface area contributed by atoms with Crippen LogP contribution in [0.1, 0.15) is 11.7 Å². The van der Waals surface area contributed by atoms with Gasteiger partial charge in [0, 0.05) is 0 Å². The monoisotopic (exact) mass is 252 g/mol. The molecule has 0 spiro atoms. The SMILES string of the molecule is CS(=O)(=O)n1c(Cl)ccc1C(N)C(=O)O. The lowest BCUT2D eigenvalue weighted by Gasteiger charge is -2.10. The van der Waals surface area contributed by atoms with Crippen LogP contribution in [0.2, 0.25) is 5.15 Å². The minimum atomic E-state index is -3.66. The van der Waals surface area contributed by atoms with Crippen molar-refractivity contribution in [1.82, 2.24) is 3.97 Å². The zero-order valence-electron chi connectivity index (χ0n) is 7.71. The summed E-state index contributed by atoms with van der Waals surface area (Å²) in [5.74, 6) is -1.32. The molecule has 15 heavy (non-hydrogen) atoms. The molecule has 0 fully saturated rings. The molecule has 0 amide bonds. The van der Waals surface area contributed by atoms with E-state index in [4.69, 9.17) is 22.4 Å². The van der Waals surface area contributed by atoms with Gasteiger partial charge in [0.15, 0.2) is 0 Å². The molecule has 0 aliphatic heterocycles. The van der Waals surface area contributed by atoms with E-state index in [1.54, 1.807) is 0 Å². The van der Waals surface area contributed by atoms with Gasteiger partial charge in [0.1, 0.15) is 11.2 Å². The fraction of sp³-hybridized carbons (Fsp3) is 0.286. The number of halogens is 1. The predicted octanol–water partition coefficient (Wildman–Crippen LogP) is 0.0336. The highest BCUT2D eigenvalue weighted by molar-refractivity contribution is 7.89. The molecular formula is C7H9ClN2O4S. The Bertz CT molecular complexity index is 493. The number of hydrogen-bond donors (Lipinski definition) is 2. The molecule has 8 heteroatoms. The summed E-state index contributed by atoms with van der Waals surface area (Å²) in [7, 11) is -3.66. The highest BCUT2D eigenvalue weighted by atomic mass is 35.5. The first-order chi connectivity index (χ1) is 6.75. The van der Waals surface area contributed by atoms with Crippen molar-refractivity contribution in [3.63, 3.8) is 0 Å². The Balaban J connectivity index is 3.40. The Hall–Kier alpha value is -1.05. The minimum Gasteiger partial charge on any atom is -0.480 e. The van der Waals surface area contributed by atoms with E-state index >= 15 is 0 Å². The molecule has 84 valence electrons. The third kappa shape index (κ3) is 2.31. The van der Waals surface area contributed by atoms with E-state index in [1.165, 1.54) is 12.1 Å². The number of carboxylic acids is 1. The van der Waals surface area contributed by atoms with Crippen molar-refractivity contribution in [2.75, 3.05) is 6.26 Å². The van der Waals surface area contributed by atoms with E-state index in [-0.39, 0.29) is 10.8 Å². The third-order valence-corrected chi connectivity index (χ3v) is 3.20. The number of rotatable bonds is 3. The van der Waals surface area contributed by atoms with Crippen LogP contribution in [0.4, 0.5) is 0 Å². The molecule has 6 nitrogen and oxygen atoms in total. The van der Waals surface area contributed by atoms with Gasteiger partial charge in [-0.05, 0) is 12.1 Å². The first-order valence-corrected chi connectivity index (χ1v) is 6.04. The quantitative estimate of drug-likeness (QED) is 0.790. The number of nitrogens with two attached hydrogens (primary N) is 1. The minimum absolute atomic E-state index is 0.0741. The summed E-state index contributed by atoms with van der Waals surface area (Å²) < 4.78 is 23.3. The molecule has 0 bridgehead atoms. The maximum Gasteiger partial charge on any atom is 0.326 e. The number of carbonyl (C=O) groups is 1. The summed E-state index contributed by atoms with van der Waals surface area (Å²) in [5, 5.41) is 8.57. The molecule has 1 heterocycles. The van der Waals surface area contributed by atoms with Crippen molar-refractivity contribution >= 4 is 27.6 Å². The van der Waals surface area contributed by atoms with Crippen LogP contribution >= 0.6 is 11.6 Å². The van der Waals surface area contributed by atoms with Crippen LogP contribution in [0, 0.1) is 0 Å². The van der Waals surface area contributed by atoms with Gasteiger partial charge < -0.3 is 10.8 Å². The van der Waals surface area contributed by atoms with Crippen LogP contribution in [0.5, 0.6) is 0 Å². The zero-order valence-corrected chi connectivity index (χ0v) is 9.29. The molecule has 1 aromatic heterocycles. The molecular weight excluding hydrogens is 244 g/mol. The van der Waals surface area contributed by atoms with Crippen molar-refractivity contribution in [2.24, 2.45) is 5.73 Å². The summed E-state index contributed by atoms with van der Waals surface area (Å²) in [6, 6.07) is 1.12. The van der Waals surface area contributed by atoms with Crippen LogP contribution in [0.3, 0.4) is 0 Å². The van der Waals surface area contributed by atoms with E-state index < -0.39 is 22.0 Å². The molecule has 0 radical (unpaired) electrons. The van der Waals surface area contributed by atoms with Gasteiger partial charge in [0.05, 0.1) is 11.9 Å². The summed E-state index contributed by atoms with van der Waals surface area (Å²) >= 11 is 5.61. The van der Waals surface area contributed by atoms with E-state index in [0.717, 1.165) is 6.26 Å². The molecule has 0 saturated carbocycles. The second kappa shape index (κ2) is 3.84. The molecule has 1 atom stereocenters. The summed E-state index contributed by atoms with van der Waals surface area (Å²) in [6.07, 6.45) is 0.914. The molecule has 1 aromatic rings. The topological polar surface area (TPSA) is 102 Å². The van der Waals surface area contributed by atoms with E-state index in [0.29, 0.717) is 3.97 Å². The fourth-order valence-corrected chi connectivity index (χ4v) is 2.59. The predicted molar refractivity (Wildman–Crippen MR) is 54.2 cm³/mol. The Morgan fingerprint density at radius 1 is 1.60 bits per heavy atom. The molecule has 1 unspecified atom stereocenters. The highest BCUT2D eigenvalue weighted by Crippen LogP contribution is 2.21. The van der Waals surface area contributed by atoms with Gasteiger partial charge >= 0.3 is 5.97 Å². The molecule has 1 rings (SSSR count). The fourth-order valence-electron chi connectivity index (χ4n) is 1.12. The van der Waals surface area contributed by atoms with Gasteiger partial charge in [0.2, 0.25) is 10.0 Å². The Labute approximate surface area is 91.3 Å². The van der Waals surface area contributed by atoms with Crippen molar-refractivity contribution < 1.29 is 18.3 Å². The number of aromatic nitrogens is 1. The van der Waals surface area contributed by atoms with E-state index in [2.05, 4.69) is 0 Å². The lowest BCUT2D eigenvalue weighted by molar-refractivity contribution is -0.138. The van der Waals surface area contributed by atoms with Crippen molar-refractivity contribution in [3.8, 4) is 0 Å². The van der Waals surface area contributed by atoms with Crippen LogP contribution < -0.4 is 5.73 Å². The number of aliphatic carboxylic acids is 1. The van der Waals surface area contributed by atoms with Crippen molar-refractivity contribution in [2.45, 2.75) is 6.04 Å². The second-order valence-electron chi connectivity index (χ2n) is 2.92. The smallest absolute Gasteiger partial charge is 0.326 e. The Morgan fingerprint density at radius 2 is 2.13 bits per heavy atom. The first kappa shape index (κ1) is 12.0. The maximum atomic E-state index is 11.3. The van der Waals surface area contributed by atoms with Gasteiger partial charge in [0.25, 0.3) is 0 Å². The lowest BCUT2D eigenvalue weighted by Crippen LogP contribution is -2.26. The van der Waals surface area contributed by atoms with Crippen molar-refractivity contribution in [3.05, 3.63) is 23.0 Å². The zero-order chi connectivity index (χ0) is 11.8. The summed E-state index contributed by atoms with van der Waals surface area (Å²) in [5.41, 5.74) is 5.23. The molecule has 3 N–H and O–H groups in total. The molecule has 0 aliphatic rings. The van der Waals surface area contributed by atoms with E-state index in [1.807, 2.05) is 0 Å². The summed E-state index contributed by atoms with van der Waals surface area (Å²) in [6.45, 7) is 0. The lowest BCUT2D eigenvalue weighted by atomic mass is 10.2. The largest absolute Gasteiger partial charge is 0.480 e. The van der Waals surface area contributed by atoms with Gasteiger partial charge in [-0.15, -0.1) is 0 Å². The van der Waals surface area contributed by atoms with Crippen LogP contribution in [0.15, 0.2) is 12.1 Å².